The summed E-state index contributed by atoms with van der Waals surface area (Å²) in [7, 11) is 0. The molecule has 0 saturated carbocycles. The number of carbonyl (C=O) groups is 3. The molecule has 1 fully saturated rings. The highest BCUT2D eigenvalue weighted by atomic mass is 16.4. The first-order valence-corrected chi connectivity index (χ1v) is 7.86. The van der Waals surface area contributed by atoms with Crippen molar-refractivity contribution in [1.82, 2.24) is 9.88 Å². The molecule has 1 atom stereocenters. The van der Waals surface area contributed by atoms with Crippen molar-refractivity contribution < 1.29 is 19.5 Å². The zero-order valence-electron chi connectivity index (χ0n) is 12.7. The lowest BCUT2D eigenvalue weighted by molar-refractivity contribution is -0.143. The fourth-order valence-corrected chi connectivity index (χ4v) is 3.12. The van der Waals surface area contributed by atoms with Gasteiger partial charge in [-0.1, -0.05) is 0 Å². The summed E-state index contributed by atoms with van der Waals surface area (Å²) in [4.78, 5) is 41.0. The van der Waals surface area contributed by atoms with Crippen molar-refractivity contribution >= 4 is 23.6 Å². The number of aromatic nitrogens is 1. The largest absolute Gasteiger partial charge is 0.481 e. The molecule has 7 nitrogen and oxygen atoms in total. The lowest BCUT2D eigenvalue weighted by atomic mass is 9.95. The predicted octanol–water partition coefficient (Wildman–Crippen LogP) is 1.93. The van der Waals surface area contributed by atoms with E-state index >= 15 is 0 Å². The molecule has 1 aliphatic carbocycles. The van der Waals surface area contributed by atoms with Gasteiger partial charge in [0.25, 0.3) is 0 Å². The zero-order valence-corrected chi connectivity index (χ0v) is 12.7. The number of Topliss-reactive ketones (excluding diaryl/α,β-unsaturated/α-hetero) is 1. The number of piperidine rings is 1. The summed E-state index contributed by atoms with van der Waals surface area (Å²) in [6.45, 7) is 0.754. The van der Waals surface area contributed by atoms with Crippen LogP contribution in [0.3, 0.4) is 0 Å². The van der Waals surface area contributed by atoms with Gasteiger partial charge in [0.05, 0.1) is 11.6 Å². The Morgan fingerprint density at radius 2 is 2.09 bits per heavy atom. The predicted molar refractivity (Wildman–Crippen MR) is 82.5 cm³/mol. The molecule has 2 amide bonds. The first-order valence-electron chi connectivity index (χ1n) is 7.86. The average molecular weight is 317 g/mol. The number of hydrogen-bond donors (Lipinski definition) is 2. The number of nitrogens with zero attached hydrogens (tertiary/aromatic N) is 2. The Morgan fingerprint density at radius 3 is 2.87 bits per heavy atom. The number of nitrogens with one attached hydrogen (secondary N) is 1. The summed E-state index contributed by atoms with van der Waals surface area (Å²) in [5.74, 6) is -0.880. The summed E-state index contributed by atoms with van der Waals surface area (Å²) >= 11 is 0. The second-order valence-electron chi connectivity index (χ2n) is 6.02. The Balaban J connectivity index is 1.68. The topological polar surface area (TPSA) is 99.6 Å². The number of likely N-dealkylation sites (tertiary alicyclic amines) is 1. The Labute approximate surface area is 133 Å². The summed E-state index contributed by atoms with van der Waals surface area (Å²) in [5, 5.41) is 11.8. The van der Waals surface area contributed by atoms with Crippen LogP contribution in [0.25, 0.3) is 0 Å². The number of aliphatic carboxylic acids is 1. The van der Waals surface area contributed by atoms with Gasteiger partial charge in [0.15, 0.2) is 5.78 Å². The van der Waals surface area contributed by atoms with E-state index in [0.29, 0.717) is 37.2 Å². The number of pyridine rings is 1. The summed E-state index contributed by atoms with van der Waals surface area (Å²) in [6.07, 6.45) is 3.33. The number of urea groups is 1. The lowest BCUT2D eigenvalue weighted by Crippen LogP contribution is -2.44. The summed E-state index contributed by atoms with van der Waals surface area (Å²) in [6, 6.07) is 2.99. The van der Waals surface area contributed by atoms with Crippen LogP contribution in [0.4, 0.5) is 10.6 Å². The molecule has 0 bridgehead atoms. The molecule has 1 aliphatic heterocycles. The van der Waals surface area contributed by atoms with Crippen LogP contribution in [-0.4, -0.2) is 45.9 Å². The van der Waals surface area contributed by atoms with Crippen molar-refractivity contribution in [2.45, 2.75) is 32.1 Å². The molecule has 1 aromatic heterocycles. The van der Waals surface area contributed by atoms with Crippen LogP contribution >= 0.6 is 0 Å². The monoisotopic (exact) mass is 317 g/mol. The zero-order chi connectivity index (χ0) is 16.4. The molecule has 0 spiro atoms. The van der Waals surface area contributed by atoms with Gasteiger partial charge in [0, 0.05) is 25.1 Å². The number of hydrogen-bond acceptors (Lipinski definition) is 4. The number of carboxylic acid groups (broad SMARTS) is 1. The van der Waals surface area contributed by atoms with E-state index in [9.17, 15) is 14.4 Å². The molecule has 122 valence electrons. The van der Waals surface area contributed by atoms with Crippen LogP contribution in [0.2, 0.25) is 0 Å². The third-order valence-electron chi connectivity index (χ3n) is 4.38. The smallest absolute Gasteiger partial charge is 0.323 e. The Bertz CT molecular complexity index is 659. The maximum atomic E-state index is 12.3. The minimum atomic E-state index is -0.868. The molecule has 0 aromatic carbocycles. The highest BCUT2D eigenvalue weighted by molar-refractivity contribution is 5.98. The second kappa shape index (κ2) is 6.36. The van der Waals surface area contributed by atoms with Crippen LogP contribution in [-0.2, 0) is 11.2 Å². The van der Waals surface area contributed by atoms with Crippen LogP contribution in [0, 0.1) is 5.92 Å². The van der Waals surface area contributed by atoms with Crippen LogP contribution in [0.1, 0.15) is 41.7 Å². The fraction of sp³-hybridized carbons (Fsp3) is 0.500. The van der Waals surface area contributed by atoms with Gasteiger partial charge in [-0.2, -0.15) is 0 Å². The molecule has 2 N–H and O–H groups in total. The Morgan fingerprint density at radius 1 is 1.26 bits per heavy atom. The van der Waals surface area contributed by atoms with E-state index in [1.165, 1.54) is 4.90 Å². The summed E-state index contributed by atoms with van der Waals surface area (Å²) in [5.41, 5.74) is 1.36. The number of amides is 2. The molecule has 7 heteroatoms. The molecular weight excluding hydrogens is 298 g/mol. The third kappa shape index (κ3) is 3.33. The van der Waals surface area contributed by atoms with Gasteiger partial charge in [-0.3, -0.25) is 14.9 Å². The fourth-order valence-electron chi connectivity index (χ4n) is 3.12. The van der Waals surface area contributed by atoms with E-state index in [1.54, 1.807) is 12.1 Å². The summed E-state index contributed by atoms with van der Waals surface area (Å²) < 4.78 is 0. The normalized spacial score (nSPS) is 20.8. The molecule has 3 rings (SSSR count). The number of aryl methyl sites for hydroxylation is 1. The molecule has 2 heterocycles. The van der Waals surface area contributed by atoms with E-state index in [0.717, 1.165) is 18.5 Å². The van der Waals surface area contributed by atoms with Gasteiger partial charge in [-0.15, -0.1) is 0 Å². The van der Waals surface area contributed by atoms with Gasteiger partial charge in [0.2, 0.25) is 0 Å². The second-order valence-corrected chi connectivity index (χ2v) is 6.02. The van der Waals surface area contributed by atoms with Crippen LogP contribution in [0.15, 0.2) is 12.1 Å². The first kappa shape index (κ1) is 15.5. The molecule has 1 aromatic rings. The van der Waals surface area contributed by atoms with Crippen molar-refractivity contribution in [2.75, 3.05) is 18.4 Å². The van der Waals surface area contributed by atoms with Gasteiger partial charge in [-0.05, 0) is 37.8 Å². The minimum absolute atomic E-state index is 0.0944. The van der Waals surface area contributed by atoms with Crippen LogP contribution < -0.4 is 5.32 Å². The number of fused-ring (bicyclic) bond motifs is 1. The standard InChI is InChI=1S/C16H19N3O4/c20-13-5-1-4-12-11(13)6-7-14(17-12)18-16(23)19-8-2-3-10(9-19)15(21)22/h6-7,10H,1-5,8-9H2,(H,21,22)(H,17,18,23). The average Bonchev–Trinajstić information content (AvgIpc) is 2.55. The molecule has 1 unspecified atom stereocenters. The highest BCUT2D eigenvalue weighted by Gasteiger charge is 2.28. The van der Waals surface area contributed by atoms with Crippen molar-refractivity contribution in [3.05, 3.63) is 23.4 Å². The Kier molecular flexibility index (Phi) is 4.27. The van der Waals surface area contributed by atoms with Gasteiger partial charge >= 0.3 is 12.0 Å². The number of rotatable bonds is 2. The van der Waals surface area contributed by atoms with Gasteiger partial charge < -0.3 is 10.0 Å². The van der Waals surface area contributed by atoms with E-state index in [-0.39, 0.29) is 18.4 Å². The quantitative estimate of drug-likeness (QED) is 0.868. The highest BCUT2D eigenvalue weighted by Crippen LogP contribution is 2.22. The Hall–Kier alpha value is -2.44. The number of carboxylic acids is 1. The number of carbonyl (C=O) groups excluding carboxylic acids is 2. The minimum Gasteiger partial charge on any atom is -0.481 e. The maximum absolute atomic E-state index is 12.3. The molecule has 0 radical (unpaired) electrons. The lowest BCUT2D eigenvalue weighted by Gasteiger charge is -2.30. The number of anilines is 1. The number of ketones is 1. The van der Waals surface area contributed by atoms with Crippen LogP contribution in [0.5, 0.6) is 0 Å². The van der Waals surface area contributed by atoms with Crippen molar-refractivity contribution in [1.29, 1.82) is 0 Å². The molecule has 1 saturated heterocycles. The van der Waals surface area contributed by atoms with Crippen molar-refractivity contribution in [3.63, 3.8) is 0 Å². The van der Waals surface area contributed by atoms with E-state index < -0.39 is 11.9 Å². The van der Waals surface area contributed by atoms with E-state index in [4.69, 9.17) is 5.11 Å². The maximum Gasteiger partial charge on any atom is 0.323 e. The molecular formula is C16H19N3O4. The third-order valence-corrected chi connectivity index (χ3v) is 4.38. The van der Waals surface area contributed by atoms with Crippen molar-refractivity contribution in [2.24, 2.45) is 5.92 Å². The van der Waals surface area contributed by atoms with Gasteiger partial charge in [0.1, 0.15) is 5.82 Å². The first-order chi connectivity index (χ1) is 11.0. The van der Waals surface area contributed by atoms with E-state index in [1.807, 2.05) is 0 Å². The SMILES string of the molecule is O=C1CCCc2nc(NC(=O)N3CCCC(C(=O)O)C3)ccc21. The van der Waals surface area contributed by atoms with E-state index in [2.05, 4.69) is 10.3 Å². The van der Waals surface area contributed by atoms with Crippen molar-refractivity contribution in [3.8, 4) is 0 Å². The molecule has 2 aliphatic rings. The van der Waals surface area contributed by atoms with Gasteiger partial charge in [-0.25, -0.2) is 9.78 Å². The molecule has 23 heavy (non-hydrogen) atoms.